The van der Waals surface area contributed by atoms with Crippen LogP contribution >= 0.6 is 0 Å². The Balaban J connectivity index is 2.58. The normalized spacial score (nSPS) is 10.4. The summed E-state index contributed by atoms with van der Waals surface area (Å²) in [7, 11) is 1.90. The lowest BCUT2D eigenvalue weighted by Gasteiger charge is -2.11. The number of hydrogen-bond donors (Lipinski definition) is 1. The first kappa shape index (κ1) is 12.6. The molecule has 1 N–H and O–H groups in total. The highest BCUT2D eigenvalue weighted by molar-refractivity contribution is 5.60. The van der Waals surface area contributed by atoms with Crippen LogP contribution in [-0.2, 0) is 6.42 Å². The van der Waals surface area contributed by atoms with Crippen LogP contribution in [0.15, 0.2) is 24.3 Å². The third kappa shape index (κ3) is 2.35. The maximum absolute atomic E-state index is 4.66. The number of benzene rings is 1. The van der Waals surface area contributed by atoms with Gasteiger partial charge in [0.05, 0.1) is 0 Å². The highest BCUT2D eigenvalue weighted by Crippen LogP contribution is 2.22. The molecule has 0 amide bonds. The van der Waals surface area contributed by atoms with E-state index in [-0.39, 0.29) is 0 Å². The predicted octanol–water partition coefficient (Wildman–Crippen LogP) is 3.36. The van der Waals surface area contributed by atoms with E-state index in [1.54, 1.807) is 0 Å². The van der Waals surface area contributed by atoms with Gasteiger partial charge in [-0.25, -0.2) is 9.97 Å². The summed E-state index contributed by atoms with van der Waals surface area (Å²) in [5, 5.41) is 3.14. The third-order valence-electron chi connectivity index (χ3n) is 3.09. The van der Waals surface area contributed by atoms with E-state index in [9.17, 15) is 0 Å². The molecule has 3 heteroatoms. The first-order valence-corrected chi connectivity index (χ1v) is 6.28. The molecule has 0 spiro atoms. The van der Waals surface area contributed by atoms with Gasteiger partial charge >= 0.3 is 0 Å². The fourth-order valence-corrected chi connectivity index (χ4v) is 2.06. The van der Waals surface area contributed by atoms with Gasteiger partial charge < -0.3 is 5.32 Å². The molecule has 1 aromatic heterocycles. The minimum absolute atomic E-state index is 0.797. The van der Waals surface area contributed by atoms with Crippen molar-refractivity contribution in [3.05, 3.63) is 41.1 Å². The van der Waals surface area contributed by atoms with Crippen molar-refractivity contribution in [1.82, 2.24) is 9.97 Å². The summed E-state index contributed by atoms with van der Waals surface area (Å²) in [6.45, 7) is 6.26. The lowest BCUT2D eigenvalue weighted by Crippen LogP contribution is -2.04. The van der Waals surface area contributed by atoms with Gasteiger partial charge in [0.15, 0.2) is 5.82 Å². The van der Waals surface area contributed by atoms with Gasteiger partial charge in [0.25, 0.3) is 0 Å². The summed E-state index contributed by atoms with van der Waals surface area (Å²) in [4.78, 5) is 9.25. The van der Waals surface area contributed by atoms with Crippen LogP contribution in [-0.4, -0.2) is 17.0 Å². The quantitative estimate of drug-likeness (QED) is 0.895. The summed E-state index contributed by atoms with van der Waals surface area (Å²) >= 11 is 0. The molecule has 0 aliphatic heterocycles. The van der Waals surface area contributed by atoms with Gasteiger partial charge in [-0.15, -0.1) is 0 Å². The summed E-state index contributed by atoms with van der Waals surface area (Å²) in [6.07, 6.45) is 0.919. The average molecular weight is 241 g/mol. The van der Waals surface area contributed by atoms with Crippen LogP contribution < -0.4 is 5.32 Å². The van der Waals surface area contributed by atoms with Crippen molar-refractivity contribution in [2.45, 2.75) is 27.2 Å². The monoisotopic (exact) mass is 241 g/mol. The SMILES string of the molecule is CCc1nc(-c2cccc(C)c2)nc(NC)c1C. The van der Waals surface area contributed by atoms with Crippen molar-refractivity contribution in [2.24, 2.45) is 0 Å². The molecule has 0 saturated heterocycles. The second kappa shape index (κ2) is 5.17. The molecule has 0 saturated carbocycles. The summed E-state index contributed by atoms with van der Waals surface area (Å²) in [6, 6.07) is 8.29. The summed E-state index contributed by atoms with van der Waals surface area (Å²) in [5.74, 6) is 1.71. The maximum Gasteiger partial charge on any atom is 0.161 e. The summed E-state index contributed by atoms with van der Waals surface area (Å²) in [5.41, 5.74) is 4.53. The summed E-state index contributed by atoms with van der Waals surface area (Å²) < 4.78 is 0. The number of nitrogens with one attached hydrogen (secondary N) is 1. The average Bonchev–Trinajstić information content (AvgIpc) is 2.39. The molecule has 0 fully saturated rings. The molecule has 1 aromatic carbocycles. The zero-order valence-corrected chi connectivity index (χ0v) is 11.4. The zero-order chi connectivity index (χ0) is 13.1. The maximum atomic E-state index is 4.66. The van der Waals surface area contributed by atoms with Crippen molar-refractivity contribution in [3.63, 3.8) is 0 Å². The van der Waals surface area contributed by atoms with Crippen LogP contribution in [0.25, 0.3) is 11.4 Å². The molecular formula is C15H19N3. The first-order valence-electron chi connectivity index (χ1n) is 6.28. The molecule has 0 unspecified atom stereocenters. The second-order valence-corrected chi connectivity index (χ2v) is 4.44. The molecule has 18 heavy (non-hydrogen) atoms. The molecular weight excluding hydrogens is 222 g/mol. The Kier molecular flexibility index (Phi) is 3.60. The Morgan fingerprint density at radius 2 is 1.94 bits per heavy atom. The molecule has 94 valence electrons. The van der Waals surface area contributed by atoms with Crippen molar-refractivity contribution in [1.29, 1.82) is 0 Å². The van der Waals surface area contributed by atoms with Gasteiger partial charge in [-0.2, -0.15) is 0 Å². The largest absolute Gasteiger partial charge is 0.373 e. The molecule has 0 bridgehead atoms. The molecule has 3 nitrogen and oxygen atoms in total. The van der Waals surface area contributed by atoms with Gasteiger partial charge in [-0.05, 0) is 26.3 Å². The minimum atomic E-state index is 0.797. The van der Waals surface area contributed by atoms with Crippen LogP contribution in [0.1, 0.15) is 23.7 Å². The number of rotatable bonds is 3. The van der Waals surface area contributed by atoms with E-state index in [4.69, 9.17) is 0 Å². The molecule has 0 aliphatic rings. The second-order valence-electron chi connectivity index (χ2n) is 4.44. The molecule has 0 atom stereocenters. The Morgan fingerprint density at radius 1 is 1.17 bits per heavy atom. The van der Waals surface area contributed by atoms with E-state index >= 15 is 0 Å². The highest BCUT2D eigenvalue weighted by Gasteiger charge is 2.10. The van der Waals surface area contributed by atoms with Gasteiger partial charge in [-0.3, -0.25) is 0 Å². The standard InChI is InChI=1S/C15H19N3/c1-5-13-11(3)14(16-4)18-15(17-13)12-8-6-7-10(2)9-12/h6-9H,5H2,1-4H3,(H,16,17,18). The van der Waals surface area contributed by atoms with E-state index in [1.807, 2.05) is 13.1 Å². The predicted molar refractivity (Wildman–Crippen MR) is 75.9 cm³/mol. The fourth-order valence-electron chi connectivity index (χ4n) is 2.06. The Bertz CT molecular complexity index is 536. The van der Waals surface area contributed by atoms with Gasteiger partial charge in [0, 0.05) is 23.9 Å². The van der Waals surface area contributed by atoms with Crippen LogP contribution in [0, 0.1) is 13.8 Å². The fraction of sp³-hybridized carbons (Fsp3) is 0.333. The minimum Gasteiger partial charge on any atom is -0.373 e. The molecule has 0 aliphatic carbocycles. The van der Waals surface area contributed by atoms with Gasteiger partial charge in [-0.1, -0.05) is 30.7 Å². The smallest absolute Gasteiger partial charge is 0.161 e. The van der Waals surface area contributed by atoms with Crippen molar-refractivity contribution in [3.8, 4) is 11.4 Å². The third-order valence-corrected chi connectivity index (χ3v) is 3.09. The lowest BCUT2D eigenvalue weighted by molar-refractivity contribution is 0.977. The Morgan fingerprint density at radius 3 is 2.56 bits per heavy atom. The molecule has 2 rings (SSSR count). The molecule has 2 aromatic rings. The molecule has 0 radical (unpaired) electrons. The number of nitrogens with zero attached hydrogens (tertiary/aromatic N) is 2. The van der Waals surface area contributed by atoms with Crippen molar-refractivity contribution >= 4 is 5.82 Å². The number of aryl methyl sites for hydroxylation is 2. The zero-order valence-electron chi connectivity index (χ0n) is 11.4. The number of aromatic nitrogens is 2. The van der Waals surface area contributed by atoms with E-state index in [2.05, 4.69) is 54.3 Å². The van der Waals surface area contributed by atoms with Gasteiger partial charge in [0.2, 0.25) is 0 Å². The number of hydrogen-bond acceptors (Lipinski definition) is 3. The lowest BCUT2D eigenvalue weighted by atomic mass is 10.1. The van der Waals surface area contributed by atoms with Crippen molar-refractivity contribution in [2.75, 3.05) is 12.4 Å². The Labute approximate surface area is 108 Å². The van der Waals surface area contributed by atoms with Crippen molar-refractivity contribution < 1.29 is 0 Å². The Hall–Kier alpha value is -1.90. The van der Waals surface area contributed by atoms with Crippen LogP contribution in [0.5, 0.6) is 0 Å². The molecule has 1 heterocycles. The van der Waals surface area contributed by atoms with Crippen LogP contribution in [0.4, 0.5) is 5.82 Å². The van der Waals surface area contributed by atoms with Crippen LogP contribution in [0.3, 0.4) is 0 Å². The van der Waals surface area contributed by atoms with E-state index < -0.39 is 0 Å². The topological polar surface area (TPSA) is 37.8 Å². The first-order chi connectivity index (χ1) is 8.65. The highest BCUT2D eigenvalue weighted by atomic mass is 15.0. The number of anilines is 1. The van der Waals surface area contributed by atoms with E-state index in [0.29, 0.717) is 0 Å². The van der Waals surface area contributed by atoms with E-state index in [0.717, 1.165) is 34.9 Å². The van der Waals surface area contributed by atoms with Crippen LogP contribution in [0.2, 0.25) is 0 Å². The van der Waals surface area contributed by atoms with E-state index in [1.165, 1.54) is 5.56 Å². The van der Waals surface area contributed by atoms with Gasteiger partial charge in [0.1, 0.15) is 5.82 Å².